The van der Waals surface area contributed by atoms with Crippen LogP contribution in [0.2, 0.25) is 0 Å². The van der Waals surface area contributed by atoms with Crippen molar-refractivity contribution in [2.24, 2.45) is 10.9 Å². The summed E-state index contributed by atoms with van der Waals surface area (Å²) < 4.78 is 5.69. The van der Waals surface area contributed by atoms with Crippen LogP contribution in [0.25, 0.3) is 0 Å². The van der Waals surface area contributed by atoms with Crippen molar-refractivity contribution >= 4 is 6.21 Å². The monoisotopic (exact) mass is 262 g/mol. The number of rotatable bonds is 10. The SMILES string of the molecule is CCCCCCCCCOc1ccc(C=NN)cc1. The molecule has 0 unspecified atom stereocenters. The Morgan fingerprint density at radius 3 is 2.26 bits per heavy atom. The standard InChI is InChI=1S/C16H26N2O/c1-2-3-4-5-6-7-8-13-19-16-11-9-15(10-12-16)14-18-17/h9-12,14H,2-8,13,17H2,1H3. The van der Waals surface area contributed by atoms with Gasteiger partial charge in [-0.15, -0.1) is 0 Å². The average Bonchev–Trinajstić information content (AvgIpc) is 2.44. The third-order valence-electron chi connectivity index (χ3n) is 3.12. The van der Waals surface area contributed by atoms with E-state index in [-0.39, 0.29) is 0 Å². The number of nitrogens with zero attached hydrogens (tertiary/aromatic N) is 1. The molecule has 0 saturated heterocycles. The summed E-state index contributed by atoms with van der Waals surface area (Å²) in [6.07, 6.45) is 10.8. The number of unbranched alkanes of at least 4 members (excludes halogenated alkanes) is 6. The quantitative estimate of drug-likeness (QED) is 0.298. The maximum absolute atomic E-state index is 5.69. The molecule has 3 nitrogen and oxygen atoms in total. The van der Waals surface area contributed by atoms with E-state index in [1.807, 2.05) is 24.3 Å². The lowest BCUT2D eigenvalue weighted by molar-refractivity contribution is 0.304. The Hall–Kier alpha value is -1.51. The molecule has 0 atom stereocenters. The summed E-state index contributed by atoms with van der Waals surface area (Å²) >= 11 is 0. The molecule has 2 N–H and O–H groups in total. The Morgan fingerprint density at radius 1 is 1.00 bits per heavy atom. The zero-order chi connectivity index (χ0) is 13.8. The summed E-state index contributed by atoms with van der Waals surface area (Å²) in [5.41, 5.74) is 0.991. The first-order chi connectivity index (χ1) is 9.36. The highest BCUT2D eigenvalue weighted by Crippen LogP contribution is 2.12. The van der Waals surface area contributed by atoms with Crippen molar-refractivity contribution in [1.29, 1.82) is 0 Å². The van der Waals surface area contributed by atoms with Crippen LogP contribution in [0.5, 0.6) is 5.75 Å². The zero-order valence-electron chi connectivity index (χ0n) is 12.0. The second-order valence-electron chi connectivity index (χ2n) is 4.82. The van der Waals surface area contributed by atoms with Gasteiger partial charge in [0.2, 0.25) is 0 Å². The summed E-state index contributed by atoms with van der Waals surface area (Å²) in [6, 6.07) is 7.82. The topological polar surface area (TPSA) is 47.6 Å². The van der Waals surface area contributed by atoms with Gasteiger partial charge in [-0.3, -0.25) is 0 Å². The van der Waals surface area contributed by atoms with Crippen molar-refractivity contribution in [3.8, 4) is 5.75 Å². The molecule has 1 aromatic carbocycles. The molecule has 0 fully saturated rings. The molecule has 0 bridgehead atoms. The fourth-order valence-electron chi connectivity index (χ4n) is 1.99. The molecule has 1 rings (SSSR count). The molecule has 19 heavy (non-hydrogen) atoms. The summed E-state index contributed by atoms with van der Waals surface area (Å²) in [5.74, 6) is 6.01. The van der Waals surface area contributed by atoms with Crippen LogP contribution in [0, 0.1) is 0 Å². The van der Waals surface area contributed by atoms with Gasteiger partial charge in [0.15, 0.2) is 0 Å². The lowest BCUT2D eigenvalue weighted by Crippen LogP contribution is -1.97. The largest absolute Gasteiger partial charge is 0.494 e. The molecule has 1 aromatic rings. The zero-order valence-corrected chi connectivity index (χ0v) is 12.0. The summed E-state index contributed by atoms with van der Waals surface area (Å²) in [6.45, 7) is 3.05. The summed E-state index contributed by atoms with van der Waals surface area (Å²) in [5, 5.41) is 3.49. The van der Waals surface area contributed by atoms with Gasteiger partial charge >= 0.3 is 0 Å². The molecule has 0 aliphatic heterocycles. The van der Waals surface area contributed by atoms with Crippen LogP contribution in [-0.4, -0.2) is 12.8 Å². The fourth-order valence-corrected chi connectivity index (χ4v) is 1.99. The van der Waals surface area contributed by atoms with Crippen LogP contribution in [0.1, 0.15) is 57.4 Å². The van der Waals surface area contributed by atoms with E-state index in [0.29, 0.717) is 0 Å². The van der Waals surface area contributed by atoms with Gasteiger partial charge in [-0.25, -0.2) is 0 Å². The van der Waals surface area contributed by atoms with Gasteiger partial charge in [0.25, 0.3) is 0 Å². The van der Waals surface area contributed by atoms with E-state index in [9.17, 15) is 0 Å². The van der Waals surface area contributed by atoms with Gasteiger partial charge in [0.1, 0.15) is 5.75 Å². The molecule has 106 valence electrons. The van der Waals surface area contributed by atoms with Crippen LogP contribution in [-0.2, 0) is 0 Å². The number of hydrogen-bond donors (Lipinski definition) is 1. The highest BCUT2D eigenvalue weighted by atomic mass is 16.5. The molecule has 0 aromatic heterocycles. The van der Waals surface area contributed by atoms with Crippen molar-refractivity contribution in [3.63, 3.8) is 0 Å². The summed E-state index contributed by atoms with van der Waals surface area (Å²) in [4.78, 5) is 0. The van der Waals surface area contributed by atoms with Crippen LogP contribution in [0.15, 0.2) is 29.4 Å². The third-order valence-corrected chi connectivity index (χ3v) is 3.12. The van der Waals surface area contributed by atoms with E-state index in [1.165, 1.54) is 38.5 Å². The molecule has 0 saturated carbocycles. The number of benzene rings is 1. The normalized spacial score (nSPS) is 11.0. The van der Waals surface area contributed by atoms with E-state index >= 15 is 0 Å². The Balaban J connectivity index is 2.06. The van der Waals surface area contributed by atoms with Crippen LogP contribution in [0.3, 0.4) is 0 Å². The molecular formula is C16H26N2O. The van der Waals surface area contributed by atoms with Gasteiger partial charge in [0, 0.05) is 0 Å². The minimum Gasteiger partial charge on any atom is -0.494 e. The van der Waals surface area contributed by atoms with Crippen LogP contribution < -0.4 is 10.6 Å². The molecule has 0 radical (unpaired) electrons. The lowest BCUT2D eigenvalue weighted by Gasteiger charge is -2.06. The maximum atomic E-state index is 5.69. The Morgan fingerprint density at radius 2 is 1.63 bits per heavy atom. The van der Waals surface area contributed by atoms with Gasteiger partial charge in [0.05, 0.1) is 12.8 Å². The maximum Gasteiger partial charge on any atom is 0.119 e. The van der Waals surface area contributed by atoms with E-state index < -0.39 is 0 Å². The Bertz CT molecular complexity index is 346. The molecule has 3 heteroatoms. The number of nitrogens with two attached hydrogens (primary N) is 1. The van der Waals surface area contributed by atoms with Crippen LogP contribution in [0.4, 0.5) is 0 Å². The number of hydrazone groups is 1. The van der Waals surface area contributed by atoms with Gasteiger partial charge in [-0.2, -0.15) is 5.10 Å². The van der Waals surface area contributed by atoms with Crippen molar-refractivity contribution in [1.82, 2.24) is 0 Å². The van der Waals surface area contributed by atoms with E-state index in [2.05, 4.69) is 12.0 Å². The molecule has 0 spiro atoms. The van der Waals surface area contributed by atoms with Crippen molar-refractivity contribution in [2.75, 3.05) is 6.61 Å². The first kappa shape index (κ1) is 15.5. The van der Waals surface area contributed by atoms with Crippen molar-refractivity contribution in [2.45, 2.75) is 51.9 Å². The van der Waals surface area contributed by atoms with Crippen molar-refractivity contribution < 1.29 is 4.74 Å². The molecule has 0 heterocycles. The molecule has 0 aliphatic rings. The Labute approximate surface area is 116 Å². The number of hydrogen-bond acceptors (Lipinski definition) is 3. The summed E-state index contributed by atoms with van der Waals surface area (Å²) in [7, 11) is 0. The van der Waals surface area contributed by atoms with Crippen molar-refractivity contribution in [3.05, 3.63) is 29.8 Å². The van der Waals surface area contributed by atoms with Gasteiger partial charge < -0.3 is 10.6 Å². The highest BCUT2D eigenvalue weighted by Gasteiger charge is 1.95. The molecular weight excluding hydrogens is 236 g/mol. The minimum absolute atomic E-state index is 0.804. The van der Waals surface area contributed by atoms with Gasteiger partial charge in [-0.1, -0.05) is 45.4 Å². The first-order valence-corrected chi connectivity index (χ1v) is 7.33. The third kappa shape index (κ3) is 7.50. The Kier molecular flexibility index (Phi) is 8.52. The number of ether oxygens (including phenoxy) is 1. The highest BCUT2D eigenvalue weighted by molar-refractivity contribution is 5.79. The van der Waals surface area contributed by atoms with Crippen LogP contribution >= 0.6 is 0 Å². The average molecular weight is 262 g/mol. The second-order valence-corrected chi connectivity index (χ2v) is 4.82. The molecule has 0 aliphatic carbocycles. The van der Waals surface area contributed by atoms with E-state index in [1.54, 1.807) is 6.21 Å². The fraction of sp³-hybridized carbons (Fsp3) is 0.562. The van der Waals surface area contributed by atoms with Gasteiger partial charge in [-0.05, 0) is 36.2 Å². The second kappa shape index (κ2) is 10.4. The van der Waals surface area contributed by atoms with E-state index in [4.69, 9.17) is 10.6 Å². The first-order valence-electron chi connectivity index (χ1n) is 7.33. The predicted octanol–water partition coefficient (Wildman–Crippen LogP) is 4.11. The predicted molar refractivity (Wildman–Crippen MR) is 81.7 cm³/mol. The minimum atomic E-state index is 0.804. The molecule has 0 amide bonds. The van der Waals surface area contributed by atoms with E-state index in [0.717, 1.165) is 24.3 Å². The smallest absolute Gasteiger partial charge is 0.119 e. The lowest BCUT2D eigenvalue weighted by atomic mass is 10.1.